The van der Waals surface area contributed by atoms with Crippen molar-refractivity contribution in [3.05, 3.63) is 48.0 Å². The normalized spacial score (nSPS) is 20.8. The minimum absolute atomic E-state index is 0.0705. The number of hydrogen-bond donors (Lipinski definition) is 1. The lowest BCUT2D eigenvalue weighted by atomic mass is 9.86. The van der Waals surface area contributed by atoms with Gasteiger partial charge in [0, 0.05) is 24.1 Å². The van der Waals surface area contributed by atoms with Crippen LogP contribution >= 0.6 is 0 Å². The van der Waals surface area contributed by atoms with Crippen LogP contribution in [0.15, 0.2) is 36.9 Å². The van der Waals surface area contributed by atoms with Crippen LogP contribution in [0.4, 0.5) is 0 Å². The van der Waals surface area contributed by atoms with Gasteiger partial charge in [-0.05, 0) is 6.07 Å². The number of carboxylic acids is 1. The highest BCUT2D eigenvalue weighted by atomic mass is 16.4. The molecule has 1 atom stereocenters. The number of terminal acetylenes is 1. The average Bonchev–Trinajstić information content (AvgIpc) is 2.64. The third kappa shape index (κ3) is 1.63. The van der Waals surface area contributed by atoms with Gasteiger partial charge in [-0.2, -0.15) is 0 Å². The van der Waals surface area contributed by atoms with E-state index in [1.165, 1.54) is 11.0 Å². The van der Waals surface area contributed by atoms with Crippen molar-refractivity contribution in [2.24, 2.45) is 0 Å². The fourth-order valence-electron chi connectivity index (χ4n) is 2.51. The molecule has 0 radical (unpaired) electrons. The third-order valence-electron chi connectivity index (χ3n) is 3.33. The number of aliphatic carboxylic acids is 1. The maximum absolute atomic E-state index is 12.3. The second-order valence-electron chi connectivity index (χ2n) is 4.30. The second-order valence-corrected chi connectivity index (χ2v) is 4.30. The van der Waals surface area contributed by atoms with Crippen LogP contribution in [0, 0.1) is 12.3 Å². The van der Waals surface area contributed by atoms with Gasteiger partial charge in [0.05, 0.1) is 0 Å². The maximum atomic E-state index is 12.3. The highest BCUT2D eigenvalue weighted by Crippen LogP contribution is 2.41. The highest BCUT2D eigenvalue weighted by Gasteiger charge is 2.54. The summed E-state index contributed by atoms with van der Waals surface area (Å²) in [6.07, 6.45) is 6.74. The Morgan fingerprint density at radius 2 is 2.21 bits per heavy atom. The van der Waals surface area contributed by atoms with E-state index in [1.807, 2.05) is 0 Å². The van der Waals surface area contributed by atoms with Gasteiger partial charge < -0.3 is 10.0 Å². The number of benzene rings is 1. The van der Waals surface area contributed by atoms with Crippen molar-refractivity contribution < 1.29 is 14.7 Å². The van der Waals surface area contributed by atoms with Crippen LogP contribution in [0.25, 0.3) is 0 Å². The molecule has 0 aliphatic carbocycles. The summed E-state index contributed by atoms with van der Waals surface area (Å²) in [6.45, 7) is 3.71. The molecular formula is C15H13NO3. The lowest BCUT2D eigenvalue weighted by Gasteiger charge is -2.33. The van der Waals surface area contributed by atoms with E-state index in [1.54, 1.807) is 24.3 Å². The number of amides is 1. The fraction of sp³-hybridized carbons (Fsp3) is 0.200. The van der Waals surface area contributed by atoms with E-state index in [9.17, 15) is 14.7 Å². The lowest BCUT2D eigenvalue weighted by Crippen LogP contribution is -2.49. The van der Waals surface area contributed by atoms with Crippen molar-refractivity contribution >= 4 is 11.9 Å². The van der Waals surface area contributed by atoms with Gasteiger partial charge in [-0.3, -0.25) is 4.79 Å². The summed E-state index contributed by atoms with van der Waals surface area (Å²) in [4.78, 5) is 25.4. The topological polar surface area (TPSA) is 57.6 Å². The van der Waals surface area contributed by atoms with Gasteiger partial charge in [-0.15, -0.1) is 18.9 Å². The van der Waals surface area contributed by atoms with E-state index < -0.39 is 11.5 Å². The van der Waals surface area contributed by atoms with Crippen LogP contribution in [0.3, 0.4) is 0 Å². The summed E-state index contributed by atoms with van der Waals surface area (Å²) in [6, 6.07) is 6.67. The predicted octanol–water partition coefficient (Wildman–Crippen LogP) is 1.63. The summed E-state index contributed by atoms with van der Waals surface area (Å²) in [5, 5.41) is 9.63. The molecule has 1 aromatic carbocycles. The SMILES string of the molecule is C#CCC1(C(=O)O)c2ccccc2C(=O)N1CC=C. The number of carbonyl (C=O) groups is 2. The Balaban J connectivity index is 2.72. The zero-order valence-corrected chi connectivity index (χ0v) is 10.3. The number of fused-ring (bicyclic) bond motifs is 1. The van der Waals surface area contributed by atoms with Crippen molar-refractivity contribution in [3.63, 3.8) is 0 Å². The number of carboxylic acid groups (broad SMARTS) is 1. The van der Waals surface area contributed by atoms with E-state index in [0.29, 0.717) is 11.1 Å². The molecule has 1 aliphatic heterocycles. The van der Waals surface area contributed by atoms with E-state index in [-0.39, 0.29) is 18.9 Å². The summed E-state index contributed by atoms with van der Waals surface area (Å²) in [5.74, 6) is 0.927. The Labute approximate surface area is 111 Å². The minimum Gasteiger partial charge on any atom is -0.479 e. The van der Waals surface area contributed by atoms with E-state index in [2.05, 4.69) is 12.5 Å². The van der Waals surface area contributed by atoms with Gasteiger partial charge in [0.1, 0.15) is 0 Å². The van der Waals surface area contributed by atoms with Crippen LogP contribution < -0.4 is 0 Å². The largest absolute Gasteiger partial charge is 0.479 e. The Morgan fingerprint density at radius 3 is 2.79 bits per heavy atom. The Hall–Kier alpha value is -2.54. The van der Waals surface area contributed by atoms with Crippen molar-refractivity contribution in [1.29, 1.82) is 0 Å². The molecule has 2 rings (SSSR count). The first kappa shape index (κ1) is 12.9. The van der Waals surface area contributed by atoms with Crippen LogP contribution in [0.5, 0.6) is 0 Å². The quantitative estimate of drug-likeness (QED) is 0.657. The monoisotopic (exact) mass is 255 g/mol. The molecule has 1 aromatic rings. The highest BCUT2D eigenvalue weighted by molar-refractivity contribution is 6.05. The molecular weight excluding hydrogens is 242 g/mol. The van der Waals surface area contributed by atoms with Gasteiger partial charge in [0.15, 0.2) is 5.54 Å². The standard InChI is InChI=1S/C15H13NO3/c1-3-9-15(14(18)19)12-8-6-5-7-11(12)13(17)16(15)10-4-2/h1,4-8H,2,9-10H2,(H,18,19). The first-order valence-corrected chi connectivity index (χ1v) is 5.78. The third-order valence-corrected chi connectivity index (χ3v) is 3.33. The predicted molar refractivity (Wildman–Crippen MR) is 70.4 cm³/mol. The van der Waals surface area contributed by atoms with Gasteiger partial charge in [0.25, 0.3) is 5.91 Å². The molecule has 1 N–H and O–H groups in total. The number of rotatable bonds is 4. The molecule has 4 heteroatoms. The molecule has 0 fully saturated rings. The van der Waals surface area contributed by atoms with Gasteiger partial charge in [0.2, 0.25) is 0 Å². The molecule has 0 aromatic heterocycles. The second kappa shape index (κ2) is 4.62. The summed E-state index contributed by atoms with van der Waals surface area (Å²) < 4.78 is 0. The Bertz CT molecular complexity index is 600. The van der Waals surface area contributed by atoms with Crippen molar-refractivity contribution in [3.8, 4) is 12.3 Å². The van der Waals surface area contributed by atoms with Crippen LogP contribution in [-0.4, -0.2) is 28.4 Å². The zero-order chi connectivity index (χ0) is 14.0. The van der Waals surface area contributed by atoms with Crippen LogP contribution in [0.1, 0.15) is 22.3 Å². The summed E-state index contributed by atoms with van der Waals surface area (Å²) in [7, 11) is 0. The average molecular weight is 255 g/mol. The minimum atomic E-state index is -1.49. The number of nitrogens with zero attached hydrogens (tertiary/aromatic N) is 1. The fourth-order valence-corrected chi connectivity index (χ4v) is 2.51. The van der Waals surface area contributed by atoms with Gasteiger partial charge in [-0.25, -0.2) is 4.79 Å². The molecule has 19 heavy (non-hydrogen) atoms. The zero-order valence-electron chi connectivity index (χ0n) is 10.3. The van der Waals surface area contributed by atoms with Gasteiger partial charge in [-0.1, -0.05) is 24.3 Å². The van der Waals surface area contributed by atoms with Crippen LogP contribution in [-0.2, 0) is 10.3 Å². The first-order chi connectivity index (χ1) is 9.09. The summed E-state index contributed by atoms with van der Waals surface area (Å²) >= 11 is 0. The molecule has 1 unspecified atom stereocenters. The molecule has 0 bridgehead atoms. The molecule has 1 amide bonds. The molecule has 4 nitrogen and oxygen atoms in total. The number of hydrogen-bond acceptors (Lipinski definition) is 2. The van der Waals surface area contributed by atoms with E-state index in [4.69, 9.17) is 6.42 Å². The van der Waals surface area contributed by atoms with E-state index in [0.717, 1.165) is 0 Å². The first-order valence-electron chi connectivity index (χ1n) is 5.78. The molecule has 1 aliphatic rings. The molecule has 1 heterocycles. The molecule has 96 valence electrons. The Kier molecular flexibility index (Phi) is 3.14. The maximum Gasteiger partial charge on any atom is 0.335 e. The lowest BCUT2D eigenvalue weighted by molar-refractivity contribution is -0.149. The number of carbonyl (C=O) groups excluding carboxylic acids is 1. The summed E-state index contributed by atoms with van der Waals surface area (Å²) in [5.41, 5.74) is -0.648. The Morgan fingerprint density at radius 1 is 1.53 bits per heavy atom. The smallest absolute Gasteiger partial charge is 0.335 e. The van der Waals surface area contributed by atoms with Crippen molar-refractivity contribution in [2.75, 3.05) is 6.54 Å². The van der Waals surface area contributed by atoms with E-state index >= 15 is 0 Å². The van der Waals surface area contributed by atoms with Crippen molar-refractivity contribution in [1.82, 2.24) is 4.90 Å². The van der Waals surface area contributed by atoms with Crippen LogP contribution in [0.2, 0.25) is 0 Å². The molecule has 0 saturated heterocycles. The van der Waals surface area contributed by atoms with Gasteiger partial charge >= 0.3 is 5.97 Å². The molecule has 0 spiro atoms. The molecule has 0 saturated carbocycles. The van der Waals surface area contributed by atoms with Crippen molar-refractivity contribution in [2.45, 2.75) is 12.0 Å².